The lowest BCUT2D eigenvalue weighted by Gasteiger charge is -2.23. The molecule has 1 aliphatic carbocycles. The van der Waals surface area contributed by atoms with Crippen molar-refractivity contribution in [2.75, 3.05) is 13.6 Å². The molecule has 0 saturated heterocycles. The van der Waals surface area contributed by atoms with Crippen LogP contribution in [-0.4, -0.2) is 30.4 Å². The Labute approximate surface area is 80.8 Å². The standard InChI is InChI=1S/C10H21N3/c1-13(8-4-7-10(11)12)9-5-2-3-6-9/h9H,2-8H2,1H3,(H3,11,12). The topological polar surface area (TPSA) is 53.1 Å². The second-order valence-corrected chi connectivity index (χ2v) is 4.05. The minimum atomic E-state index is 0.319. The summed E-state index contributed by atoms with van der Waals surface area (Å²) in [6.45, 7) is 1.09. The van der Waals surface area contributed by atoms with E-state index >= 15 is 0 Å². The van der Waals surface area contributed by atoms with E-state index < -0.39 is 0 Å². The summed E-state index contributed by atoms with van der Waals surface area (Å²) in [4.78, 5) is 2.43. The summed E-state index contributed by atoms with van der Waals surface area (Å²) in [5, 5.41) is 7.11. The lowest BCUT2D eigenvalue weighted by molar-refractivity contribution is 0.244. The fourth-order valence-corrected chi connectivity index (χ4v) is 2.05. The molecule has 76 valence electrons. The molecule has 1 saturated carbocycles. The second-order valence-electron chi connectivity index (χ2n) is 4.05. The van der Waals surface area contributed by atoms with Crippen LogP contribution >= 0.6 is 0 Å². The summed E-state index contributed by atoms with van der Waals surface area (Å²) < 4.78 is 0. The predicted octanol–water partition coefficient (Wildman–Crippen LogP) is 1.58. The molecular formula is C10H21N3. The van der Waals surface area contributed by atoms with E-state index in [-0.39, 0.29) is 0 Å². The van der Waals surface area contributed by atoms with Crippen molar-refractivity contribution < 1.29 is 0 Å². The van der Waals surface area contributed by atoms with E-state index in [0.717, 1.165) is 25.4 Å². The highest BCUT2D eigenvalue weighted by molar-refractivity contribution is 5.76. The molecule has 0 aromatic heterocycles. The third-order valence-corrected chi connectivity index (χ3v) is 2.90. The van der Waals surface area contributed by atoms with Gasteiger partial charge in [-0.15, -0.1) is 0 Å². The monoisotopic (exact) mass is 183 g/mol. The zero-order valence-electron chi connectivity index (χ0n) is 8.55. The van der Waals surface area contributed by atoms with Crippen molar-refractivity contribution in [3.8, 4) is 0 Å². The first-order chi connectivity index (χ1) is 6.20. The Hall–Kier alpha value is -0.570. The van der Waals surface area contributed by atoms with Crippen molar-refractivity contribution in [2.24, 2.45) is 5.73 Å². The molecule has 0 amide bonds. The molecule has 0 radical (unpaired) electrons. The predicted molar refractivity (Wildman–Crippen MR) is 56.0 cm³/mol. The molecule has 0 heterocycles. The Morgan fingerprint density at radius 3 is 2.62 bits per heavy atom. The number of amidine groups is 1. The number of hydrogen-bond acceptors (Lipinski definition) is 2. The van der Waals surface area contributed by atoms with E-state index in [1.54, 1.807) is 0 Å². The van der Waals surface area contributed by atoms with Gasteiger partial charge in [-0.3, -0.25) is 5.41 Å². The van der Waals surface area contributed by atoms with Crippen molar-refractivity contribution in [1.82, 2.24) is 4.90 Å². The van der Waals surface area contributed by atoms with Crippen LogP contribution < -0.4 is 5.73 Å². The largest absolute Gasteiger partial charge is 0.388 e. The van der Waals surface area contributed by atoms with Crippen LogP contribution in [0.3, 0.4) is 0 Å². The molecule has 0 spiro atoms. The minimum Gasteiger partial charge on any atom is -0.388 e. The molecule has 0 unspecified atom stereocenters. The van der Waals surface area contributed by atoms with Crippen LogP contribution in [0.4, 0.5) is 0 Å². The Morgan fingerprint density at radius 2 is 2.08 bits per heavy atom. The Balaban J connectivity index is 2.09. The van der Waals surface area contributed by atoms with E-state index in [2.05, 4.69) is 11.9 Å². The highest BCUT2D eigenvalue weighted by atomic mass is 15.1. The fourth-order valence-electron chi connectivity index (χ4n) is 2.05. The third kappa shape index (κ3) is 3.77. The van der Waals surface area contributed by atoms with Crippen LogP contribution in [0.2, 0.25) is 0 Å². The van der Waals surface area contributed by atoms with Crippen molar-refractivity contribution in [3.05, 3.63) is 0 Å². The summed E-state index contributed by atoms with van der Waals surface area (Å²) in [7, 11) is 2.19. The van der Waals surface area contributed by atoms with E-state index in [1.165, 1.54) is 25.7 Å². The molecule has 0 aliphatic heterocycles. The smallest absolute Gasteiger partial charge is 0.0905 e. The van der Waals surface area contributed by atoms with Crippen molar-refractivity contribution in [1.29, 1.82) is 5.41 Å². The maximum atomic E-state index is 7.11. The Morgan fingerprint density at radius 1 is 1.46 bits per heavy atom. The van der Waals surface area contributed by atoms with Gasteiger partial charge in [0.1, 0.15) is 0 Å². The van der Waals surface area contributed by atoms with Crippen molar-refractivity contribution >= 4 is 5.84 Å². The molecule has 13 heavy (non-hydrogen) atoms. The summed E-state index contributed by atoms with van der Waals surface area (Å²) >= 11 is 0. The van der Waals surface area contributed by atoms with Gasteiger partial charge in [0.2, 0.25) is 0 Å². The third-order valence-electron chi connectivity index (χ3n) is 2.90. The number of rotatable bonds is 5. The maximum absolute atomic E-state index is 7.11. The average molecular weight is 183 g/mol. The summed E-state index contributed by atoms with van der Waals surface area (Å²) in [5.74, 6) is 0.319. The lowest BCUT2D eigenvalue weighted by atomic mass is 10.2. The van der Waals surface area contributed by atoms with Crippen LogP contribution in [0, 0.1) is 5.41 Å². The first-order valence-corrected chi connectivity index (χ1v) is 5.23. The van der Waals surface area contributed by atoms with Crippen LogP contribution in [0.15, 0.2) is 0 Å². The van der Waals surface area contributed by atoms with E-state index in [9.17, 15) is 0 Å². The molecule has 0 aromatic carbocycles. The Kier molecular flexibility index (Phi) is 4.22. The number of nitrogens with zero attached hydrogens (tertiary/aromatic N) is 1. The normalized spacial score (nSPS) is 18.3. The molecule has 3 N–H and O–H groups in total. The van der Waals surface area contributed by atoms with Crippen LogP contribution in [0.5, 0.6) is 0 Å². The summed E-state index contributed by atoms with van der Waals surface area (Å²) in [6.07, 6.45) is 7.27. The van der Waals surface area contributed by atoms with E-state index in [0.29, 0.717) is 5.84 Å². The second kappa shape index (κ2) is 5.22. The van der Waals surface area contributed by atoms with Gasteiger partial charge in [-0.25, -0.2) is 0 Å². The lowest BCUT2D eigenvalue weighted by Crippen LogP contribution is -2.30. The van der Waals surface area contributed by atoms with Crippen molar-refractivity contribution in [2.45, 2.75) is 44.6 Å². The van der Waals surface area contributed by atoms with Crippen molar-refractivity contribution in [3.63, 3.8) is 0 Å². The quantitative estimate of drug-likeness (QED) is 0.502. The van der Waals surface area contributed by atoms with Gasteiger partial charge in [0.05, 0.1) is 5.84 Å². The van der Waals surface area contributed by atoms with Gasteiger partial charge in [0, 0.05) is 12.5 Å². The Bertz CT molecular complexity index is 162. The van der Waals surface area contributed by atoms with E-state index in [1.807, 2.05) is 0 Å². The van der Waals surface area contributed by atoms with Crippen LogP contribution in [0.1, 0.15) is 38.5 Å². The van der Waals surface area contributed by atoms with Crippen LogP contribution in [-0.2, 0) is 0 Å². The SMILES string of the molecule is CN(CCCC(=N)N)C1CCCC1. The fraction of sp³-hybridized carbons (Fsp3) is 0.900. The molecule has 3 nitrogen and oxygen atoms in total. The number of hydrogen-bond donors (Lipinski definition) is 2. The van der Waals surface area contributed by atoms with Crippen LogP contribution in [0.25, 0.3) is 0 Å². The molecule has 0 bridgehead atoms. The van der Waals surface area contributed by atoms with Gasteiger partial charge in [0.25, 0.3) is 0 Å². The zero-order chi connectivity index (χ0) is 9.68. The molecule has 0 aromatic rings. The molecule has 1 fully saturated rings. The highest BCUT2D eigenvalue weighted by Gasteiger charge is 2.18. The highest BCUT2D eigenvalue weighted by Crippen LogP contribution is 2.22. The molecular weight excluding hydrogens is 162 g/mol. The molecule has 0 atom stereocenters. The zero-order valence-corrected chi connectivity index (χ0v) is 8.55. The first-order valence-electron chi connectivity index (χ1n) is 5.23. The summed E-state index contributed by atoms with van der Waals surface area (Å²) in [5.41, 5.74) is 5.30. The average Bonchev–Trinajstić information content (AvgIpc) is 2.55. The molecule has 1 rings (SSSR count). The molecule has 3 heteroatoms. The minimum absolute atomic E-state index is 0.319. The van der Waals surface area contributed by atoms with E-state index in [4.69, 9.17) is 11.1 Å². The number of nitrogens with one attached hydrogen (secondary N) is 1. The van der Waals surface area contributed by atoms with Gasteiger partial charge in [-0.1, -0.05) is 12.8 Å². The number of nitrogens with two attached hydrogens (primary N) is 1. The summed E-state index contributed by atoms with van der Waals surface area (Å²) in [6, 6.07) is 0.798. The van der Waals surface area contributed by atoms with Gasteiger partial charge < -0.3 is 10.6 Å². The van der Waals surface area contributed by atoms with Gasteiger partial charge in [-0.05, 0) is 32.9 Å². The van der Waals surface area contributed by atoms with Gasteiger partial charge >= 0.3 is 0 Å². The first kappa shape index (κ1) is 10.5. The molecule has 1 aliphatic rings. The maximum Gasteiger partial charge on any atom is 0.0905 e. The van der Waals surface area contributed by atoms with Gasteiger partial charge in [0.15, 0.2) is 0 Å². The van der Waals surface area contributed by atoms with Gasteiger partial charge in [-0.2, -0.15) is 0 Å².